The maximum absolute atomic E-state index is 10.3. The molecule has 3 heteroatoms. The van der Waals surface area contributed by atoms with Gasteiger partial charge in [-0.15, -0.1) is 0 Å². The van der Waals surface area contributed by atoms with Crippen LogP contribution in [-0.2, 0) is 4.79 Å². The molecule has 1 rings (SSSR count). The predicted octanol–water partition coefficient (Wildman–Crippen LogP) is 2.36. The van der Waals surface area contributed by atoms with E-state index in [1.54, 1.807) is 0 Å². The van der Waals surface area contributed by atoms with E-state index in [9.17, 15) is 4.79 Å². The van der Waals surface area contributed by atoms with Crippen LogP contribution in [-0.4, -0.2) is 35.6 Å². The summed E-state index contributed by atoms with van der Waals surface area (Å²) < 4.78 is 0. The standard InChI is InChI=1S/C12H23NO2/c1-11-6-9-13(10-7-11)8-4-2-3-5-12(14)15/h11H,2-10H2,1H3,(H,14,15). The van der Waals surface area contributed by atoms with Crippen molar-refractivity contribution in [3.8, 4) is 0 Å². The molecule has 1 aliphatic heterocycles. The fourth-order valence-corrected chi connectivity index (χ4v) is 2.07. The van der Waals surface area contributed by atoms with Gasteiger partial charge in [0.1, 0.15) is 0 Å². The summed E-state index contributed by atoms with van der Waals surface area (Å²) >= 11 is 0. The van der Waals surface area contributed by atoms with Gasteiger partial charge in [-0.2, -0.15) is 0 Å². The highest BCUT2D eigenvalue weighted by Gasteiger charge is 2.14. The lowest BCUT2D eigenvalue weighted by atomic mass is 9.99. The van der Waals surface area contributed by atoms with Crippen molar-refractivity contribution in [3.05, 3.63) is 0 Å². The van der Waals surface area contributed by atoms with Gasteiger partial charge in [-0.25, -0.2) is 0 Å². The van der Waals surface area contributed by atoms with E-state index in [4.69, 9.17) is 5.11 Å². The van der Waals surface area contributed by atoms with Crippen molar-refractivity contribution in [2.75, 3.05) is 19.6 Å². The first kappa shape index (κ1) is 12.5. The molecule has 0 atom stereocenters. The lowest BCUT2D eigenvalue weighted by Gasteiger charge is -2.30. The number of hydrogen-bond donors (Lipinski definition) is 1. The molecule has 15 heavy (non-hydrogen) atoms. The van der Waals surface area contributed by atoms with Gasteiger partial charge in [-0.3, -0.25) is 4.79 Å². The van der Waals surface area contributed by atoms with E-state index in [1.807, 2.05) is 0 Å². The van der Waals surface area contributed by atoms with E-state index >= 15 is 0 Å². The van der Waals surface area contributed by atoms with Crippen molar-refractivity contribution >= 4 is 5.97 Å². The summed E-state index contributed by atoms with van der Waals surface area (Å²) in [6, 6.07) is 0. The Morgan fingerprint density at radius 2 is 1.93 bits per heavy atom. The van der Waals surface area contributed by atoms with Gasteiger partial charge in [0.2, 0.25) is 0 Å². The van der Waals surface area contributed by atoms with Crippen molar-refractivity contribution in [1.29, 1.82) is 0 Å². The molecule has 0 aliphatic carbocycles. The van der Waals surface area contributed by atoms with Gasteiger partial charge in [0.05, 0.1) is 0 Å². The van der Waals surface area contributed by atoms with Crippen LogP contribution < -0.4 is 0 Å². The second kappa shape index (κ2) is 6.83. The molecule has 0 spiro atoms. The number of nitrogens with zero attached hydrogens (tertiary/aromatic N) is 1. The number of carboxylic acid groups (broad SMARTS) is 1. The molecular weight excluding hydrogens is 190 g/mol. The third-order valence-electron chi connectivity index (χ3n) is 3.24. The quantitative estimate of drug-likeness (QED) is 0.689. The summed E-state index contributed by atoms with van der Waals surface area (Å²) in [6.45, 7) is 5.96. The number of aliphatic carboxylic acids is 1. The van der Waals surface area contributed by atoms with Gasteiger partial charge in [0.25, 0.3) is 0 Å². The maximum atomic E-state index is 10.3. The molecular formula is C12H23NO2. The third-order valence-corrected chi connectivity index (χ3v) is 3.24. The van der Waals surface area contributed by atoms with E-state index in [2.05, 4.69) is 11.8 Å². The average molecular weight is 213 g/mol. The monoisotopic (exact) mass is 213 g/mol. The van der Waals surface area contributed by atoms with Crippen molar-refractivity contribution in [3.63, 3.8) is 0 Å². The molecule has 0 saturated carbocycles. The normalized spacial score (nSPS) is 19.3. The fourth-order valence-electron chi connectivity index (χ4n) is 2.07. The summed E-state index contributed by atoms with van der Waals surface area (Å²) in [4.78, 5) is 12.8. The third kappa shape index (κ3) is 5.78. The molecule has 1 heterocycles. The zero-order valence-electron chi connectivity index (χ0n) is 9.74. The van der Waals surface area contributed by atoms with Crippen LogP contribution in [0.2, 0.25) is 0 Å². The topological polar surface area (TPSA) is 40.5 Å². The first-order valence-electron chi connectivity index (χ1n) is 6.12. The molecule has 1 N–H and O–H groups in total. The van der Waals surface area contributed by atoms with Crippen LogP contribution in [0.25, 0.3) is 0 Å². The minimum absolute atomic E-state index is 0.330. The highest BCUT2D eigenvalue weighted by atomic mass is 16.4. The number of hydrogen-bond acceptors (Lipinski definition) is 2. The van der Waals surface area contributed by atoms with Crippen molar-refractivity contribution in [1.82, 2.24) is 4.90 Å². The van der Waals surface area contributed by atoms with Gasteiger partial charge in [-0.05, 0) is 51.2 Å². The minimum atomic E-state index is -0.665. The van der Waals surface area contributed by atoms with Crippen LogP contribution in [0, 0.1) is 5.92 Å². The molecule has 0 bridgehead atoms. The Morgan fingerprint density at radius 3 is 2.53 bits per heavy atom. The van der Waals surface area contributed by atoms with E-state index < -0.39 is 5.97 Å². The highest BCUT2D eigenvalue weighted by molar-refractivity contribution is 5.66. The highest BCUT2D eigenvalue weighted by Crippen LogP contribution is 2.16. The number of unbranched alkanes of at least 4 members (excludes halogenated alkanes) is 2. The summed E-state index contributed by atoms with van der Waals surface area (Å²) in [5, 5.41) is 8.48. The zero-order valence-corrected chi connectivity index (χ0v) is 9.74. The average Bonchev–Trinajstić information content (AvgIpc) is 2.20. The molecule has 88 valence electrons. The second-order valence-corrected chi connectivity index (χ2v) is 4.73. The summed E-state index contributed by atoms with van der Waals surface area (Å²) in [7, 11) is 0. The zero-order chi connectivity index (χ0) is 11.1. The number of rotatable bonds is 6. The number of carboxylic acids is 1. The van der Waals surface area contributed by atoms with Crippen molar-refractivity contribution in [2.24, 2.45) is 5.92 Å². The molecule has 1 aliphatic rings. The fraction of sp³-hybridized carbons (Fsp3) is 0.917. The van der Waals surface area contributed by atoms with Gasteiger partial charge < -0.3 is 10.0 Å². The van der Waals surface area contributed by atoms with E-state index in [-0.39, 0.29) is 0 Å². The van der Waals surface area contributed by atoms with Gasteiger partial charge in [0.15, 0.2) is 0 Å². The molecule has 0 amide bonds. The molecule has 1 saturated heterocycles. The molecule has 0 aromatic heterocycles. The van der Waals surface area contributed by atoms with E-state index in [1.165, 1.54) is 25.9 Å². The number of piperidine rings is 1. The lowest BCUT2D eigenvalue weighted by molar-refractivity contribution is -0.137. The lowest BCUT2D eigenvalue weighted by Crippen LogP contribution is -2.33. The Bertz CT molecular complexity index is 186. The van der Waals surface area contributed by atoms with E-state index in [0.29, 0.717) is 6.42 Å². The Kier molecular flexibility index (Phi) is 5.69. The Balaban J connectivity index is 1.94. The number of likely N-dealkylation sites (tertiary alicyclic amines) is 1. The summed E-state index contributed by atoms with van der Waals surface area (Å²) in [5.74, 6) is 0.232. The molecule has 0 aromatic carbocycles. The van der Waals surface area contributed by atoms with Gasteiger partial charge >= 0.3 is 5.97 Å². The summed E-state index contributed by atoms with van der Waals surface area (Å²) in [6.07, 6.45) is 6.03. The van der Waals surface area contributed by atoms with Crippen LogP contribution in [0.4, 0.5) is 0 Å². The van der Waals surface area contributed by atoms with Crippen LogP contribution in [0.3, 0.4) is 0 Å². The van der Waals surface area contributed by atoms with E-state index in [0.717, 1.165) is 31.7 Å². The molecule has 3 nitrogen and oxygen atoms in total. The first-order chi connectivity index (χ1) is 7.18. The Morgan fingerprint density at radius 1 is 1.27 bits per heavy atom. The van der Waals surface area contributed by atoms with Crippen LogP contribution in [0.1, 0.15) is 45.4 Å². The van der Waals surface area contributed by atoms with Crippen LogP contribution in [0.15, 0.2) is 0 Å². The summed E-state index contributed by atoms with van der Waals surface area (Å²) in [5.41, 5.74) is 0. The molecule has 0 radical (unpaired) electrons. The minimum Gasteiger partial charge on any atom is -0.481 e. The van der Waals surface area contributed by atoms with Crippen LogP contribution >= 0.6 is 0 Å². The molecule has 0 unspecified atom stereocenters. The maximum Gasteiger partial charge on any atom is 0.303 e. The molecule has 0 aromatic rings. The van der Waals surface area contributed by atoms with Crippen molar-refractivity contribution < 1.29 is 9.90 Å². The smallest absolute Gasteiger partial charge is 0.303 e. The largest absolute Gasteiger partial charge is 0.481 e. The number of carbonyl (C=O) groups is 1. The van der Waals surface area contributed by atoms with Gasteiger partial charge in [-0.1, -0.05) is 13.3 Å². The Labute approximate surface area is 92.5 Å². The SMILES string of the molecule is CC1CCN(CCCCCC(=O)O)CC1. The Hall–Kier alpha value is -0.570. The molecule has 1 fully saturated rings. The van der Waals surface area contributed by atoms with Gasteiger partial charge in [0, 0.05) is 6.42 Å². The second-order valence-electron chi connectivity index (χ2n) is 4.73. The predicted molar refractivity (Wildman–Crippen MR) is 60.9 cm³/mol. The first-order valence-corrected chi connectivity index (χ1v) is 6.12. The van der Waals surface area contributed by atoms with Crippen LogP contribution in [0.5, 0.6) is 0 Å². The van der Waals surface area contributed by atoms with Crippen molar-refractivity contribution in [2.45, 2.75) is 45.4 Å².